The Hall–Kier alpha value is -3.37. The SMILES string of the molecule is CN1CCc2cccc3oc(C(=O)Nc4ccccc4-c4ccccc4)c(c23)C1. The van der Waals surface area contributed by atoms with Crippen molar-refractivity contribution in [2.24, 2.45) is 0 Å². The van der Waals surface area contributed by atoms with Crippen LogP contribution in [0.25, 0.3) is 22.1 Å². The lowest BCUT2D eigenvalue weighted by atomic mass is 10.0. The first-order valence-corrected chi connectivity index (χ1v) is 9.88. The van der Waals surface area contributed by atoms with Gasteiger partial charge in [0.1, 0.15) is 5.58 Å². The number of carbonyl (C=O) groups is 1. The second kappa shape index (κ2) is 7.22. The summed E-state index contributed by atoms with van der Waals surface area (Å²) in [6.45, 7) is 1.67. The van der Waals surface area contributed by atoms with E-state index in [4.69, 9.17) is 4.42 Å². The van der Waals surface area contributed by atoms with Crippen molar-refractivity contribution in [3.8, 4) is 11.1 Å². The fourth-order valence-electron chi connectivity index (χ4n) is 4.13. The van der Waals surface area contributed by atoms with E-state index in [0.29, 0.717) is 12.3 Å². The normalized spacial score (nSPS) is 14.0. The molecule has 1 N–H and O–H groups in total. The maximum absolute atomic E-state index is 13.3. The minimum absolute atomic E-state index is 0.208. The highest BCUT2D eigenvalue weighted by atomic mass is 16.3. The fourth-order valence-corrected chi connectivity index (χ4v) is 4.13. The molecule has 4 nitrogen and oxygen atoms in total. The molecule has 0 bridgehead atoms. The molecule has 0 atom stereocenters. The zero-order valence-corrected chi connectivity index (χ0v) is 16.3. The van der Waals surface area contributed by atoms with Gasteiger partial charge < -0.3 is 14.6 Å². The smallest absolute Gasteiger partial charge is 0.291 e. The number of para-hydroxylation sites is 1. The summed E-state index contributed by atoms with van der Waals surface area (Å²) in [6.07, 6.45) is 0.957. The molecule has 1 aromatic heterocycles. The van der Waals surface area contributed by atoms with E-state index in [0.717, 1.165) is 46.3 Å². The Kier molecular flexibility index (Phi) is 4.41. The lowest BCUT2D eigenvalue weighted by Gasteiger charge is -2.14. The Morgan fingerprint density at radius 1 is 0.966 bits per heavy atom. The third-order valence-corrected chi connectivity index (χ3v) is 5.56. The average molecular weight is 382 g/mol. The van der Waals surface area contributed by atoms with E-state index in [9.17, 15) is 4.79 Å². The van der Waals surface area contributed by atoms with Crippen LogP contribution in [0.4, 0.5) is 5.69 Å². The molecule has 0 aliphatic carbocycles. The van der Waals surface area contributed by atoms with Gasteiger partial charge in [-0.25, -0.2) is 0 Å². The van der Waals surface area contributed by atoms with Crippen LogP contribution in [0.1, 0.15) is 21.7 Å². The van der Waals surface area contributed by atoms with E-state index < -0.39 is 0 Å². The molecule has 144 valence electrons. The van der Waals surface area contributed by atoms with Gasteiger partial charge in [-0.3, -0.25) is 4.79 Å². The highest BCUT2D eigenvalue weighted by molar-refractivity contribution is 6.08. The monoisotopic (exact) mass is 382 g/mol. The average Bonchev–Trinajstić information content (AvgIpc) is 3.03. The molecule has 0 spiro atoms. The van der Waals surface area contributed by atoms with Crippen molar-refractivity contribution in [3.63, 3.8) is 0 Å². The van der Waals surface area contributed by atoms with Crippen molar-refractivity contribution in [1.82, 2.24) is 4.90 Å². The molecule has 2 heterocycles. The molecular formula is C25H22N2O2. The molecule has 3 aromatic carbocycles. The Morgan fingerprint density at radius 3 is 2.62 bits per heavy atom. The summed E-state index contributed by atoms with van der Waals surface area (Å²) in [5, 5.41) is 4.18. The quantitative estimate of drug-likeness (QED) is 0.520. The maximum Gasteiger partial charge on any atom is 0.291 e. The van der Waals surface area contributed by atoms with Crippen LogP contribution in [0.15, 0.2) is 77.2 Å². The molecule has 1 aliphatic heterocycles. The van der Waals surface area contributed by atoms with Gasteiger partial charge in [-0.15, -0.1) is 0 Å². The van der Waals surface area contributed by atoms with E-state index in [-0.39, 0.29) is 5.91 Å². The minimum Gasteiger partial charge on any atom is -0.451 e. The predicted molar refractivity (Wildman–Crippen MR) is 116 cm³/mol. The number of hydrogen-bond donors (Lipinski definition) is 1. The number of benzene rings is 3. The van der Waals surface area contributed by atoms with Gasteiger partial charge in [0.25, 0.3) is 5.91 Å². The summed E-state index contributed by atoms with van der Waals surface area (Å²) in [5.41, 5.74) is 5.84. The molecule has 5 rings (SSSR count). The van der Waals surface area contributed by atoms with Crippen LogP contribution in [-0.2, 0) is 13.0 Å². The molecule has 0 saturated heterocycles. The number of carbonyl (C=O) groups excluding carboxylic acids is 1. The van der Waals surface area contributed by atoms with Gasteiger partial charge in [-0.05, 0) is 36.7 Å². The van der Waals surface area contributed by atoms with E-state index >= 15 is 0 Å². The number of likely N-dealkylation sites (N-methyl/N-ethyl adjacent to an activating group) is 1. The molecule has 29 heavy (non-hydrogen) atoms. The van der Waals surface area contributed by atoms with Gasteiger partial charge in [0.2, 0.25) is 0 Å². The molecule has 0 radical (unpaired) electrons. The summed E-state index contributed by atoms with van der Waals surface area (Å²) >= 11 is 0. The summed E-state index contributed by atoms with van der Waals surface area (Å²) in [4.78, 5) is 15.5. The number of rotatable bonds is 3. The van der Waals surface area contributed by atoms with Gasteiger partial charge in [0.15, 0.2) is 5.76 Å². The topological polar surface area (TPSA) is 45.5 Å². The molecule has 0 fully saturated rings. The van der Waals surface area contributed by atoms with Gasteiger partial charge in [0.05, 0.1) is 0 Å². The summed E-state index contributed by atoms with van der Waals surface area (Å²) < 4.78 is 6.06. The molecule has 4 heteroatoms. The molecule has 0 saturated carbocycles. The second-order valence-electron chi connectivity index (χ2n) is 7.55. The van der Waals surface area contributed by atoms with E-state index in [1.54, 1.807) is 0 Å². The van der Waals surface area contributed by atoms with Crippen LogP contribution < -0.4 is 5.32 Å². The van der Waals surface area contributed by atoms with Crippen LogP contribution in [0.3, 0.4) is 0 Å². The van der Waals surface area contributed by atoms with Crippen molar-refractivity contribution in [3.05, 3.63) is 89.7 Å². The summed E-state index contributed by atoms with van der Waals surface area (Å²) in [6, 6.07) is 24.0. The Balaban J connectivity index is 1.56. The van der Waals surface area contributed by atoms with Crippen molar-refractivity contribution in [2.75, 3.05) is 18.9 Å². The Bertz CT molecular complexity index is 1190. The Morgan fingerprint density at radius 2 is 1.76 bits per heavy atom. The zero-order valence-electron chi connectivity index (χ0n) is 16.3. The first-order valence-electron chi connectivity index (χ1n) is 9.88. The lowest BCUT2D eigenvalue weighted by molar-refractivity contribution is 0.0996. The largest absolute Gasteiger partial charge is 0.451 e. The molecule has 1 amide bonds. The first kappa shape index (κ1) is 17.7. The van der Waals surface area contributed by atoms with Crippen molar-refractivity contribution in [2.45, 2.75) is 13.0 Å². The number of nitrogens with zero attached hydrogens (tertiary/aromatic N) is 1. The van der Waals surface area contributed by atoms with Crippen molar-refractivity contribution < 1.29 is 9.21 Å². The fraction of sp³-hybridized carbons (Fsp3) is 0.160. The standard InChI is InChI=1S/C25H22N2O2/c1-27-15-14-18-10-7-13-22-23(18)20(16-27)24(29-22)25(28)26-21-12-6-5-11-19(21)17-8-3-2-4-9-17/h2-13H,14-16H2,1H3,(H,26,28). The second-order valence-corrected chi connectivity index (χ2v) is 7.55. The molecule has 1 aliphatic rings. The summed E-state index contributed by atoms with van der Waals surface area (Å²) in [7, 11) is 2.08. The van der Waals surface area contributed by atoms with Gasteiger partial charge in [-0.2, -0.15) is 0 Å². The van der Waals surface area contributed by atoms with Crippen LogP contribution >= 0.6 is 0 Å². The van der Waals surface area contributed by atoms with E-state index in [1.807, 2.05) is 66.7 Å². The van der Waals surface area contributed by atoms with Crippen LogP contribution in [0.5, 0.6) is 0 Å². The van der Waals surface area contributed by atoms with Gasteiger partial charge >= 0.3 is 0 Å². The minimum atomic E-state index is -0.208. The highest BCUT2D eigenvalue weighted by Crippen LogP contribution is 2.34. The molecular weight excluding hydrogens is 360 g/mol. The number of amides is 1. The van der Waals surface area contributed by atoms with Crippen LogP contribution in [-0.4, -0.2) is 24.4 Å². The highest BCUT2D eigenvalue weighted by Gasteiger charge is 2.26. The summed E-state index contributed by atoms with van der Waals surface area (Å²) in [5.74, 6) is 0.199. The maximum atomic E-state index is 13.3. The van der Waals surface area contributed by atoms with Gasteiger partial charge in [-0.1, -0.05) is 60.7 Å². The number of furan rings is 1. The predicted octanol–water partition coefficient (Wildman–Crippen LogP) is 5.34. The third kappa shape index (κ3) is 3.22. The van der Waals surface area contributed by atoms with E-state index in [2.05, 4.69) is 23.3 Å². The first-order chi connectivity index (χ1) is 14.2. The van der Waals surface area contributed by atoms with Crippen molar-refractivity contribution >= 4 is 22.6 Å². The molecule has 0 unspecified atom stereocenters. The van der Waals surface area contributed by atoms with Crippen LogP contribution in [0, 0.1) is 0 Å². The number of nitrogens with one attached hydrogen (secondary N) is 1. The number of anilines is 1. The third-order valence-electron chi connectivity index (χ3n) is 5.56. The van der Waals surface area contributed by atoms with E-state index in [1.165, 1.54) is 5.56 Å². The Labute approximate surface area is 169 Å². The van der Waals surface area contributed by atoms with Crippen molar-refractivity contribution in [1.29, 1.82) is 0 Å². The lowest BCUT2D eigenvalue weighted by Crippen LogP contribution is -2.21. The van der Waals surface area contributed by atoms with Gasteiger partial charge in [0, 0.05) is 35.3 Å². The molecule has 4 aromatic rings. The van der Waals surface area contributed by atoms with Crippen LogP contribution in [0.2, 0.25) is 0 Å². The number of hydrogen-bond acceptors (Lipinski definition) is 3. The zero-order chi connectivity index (χ0) is 19.8.